The first kappa shape index (κ1) is 21.3. The Morgan fingerprint density at radius 1 is 1.03 bits per heavy atom. The highest BCUT2D eigenvalue weighted by molar-refractivity contribution is 8.40. The van der Waals surface area contributed by atoms with Gasteiger partial charge in [0.05, 0.1) is 16.3 Å². The van der Waals surface area contributed by atoms with Gasteiger partial charge in [0.25, 0.3) is 5.91 Å². The highest BCUT2D eigenvalue weighted by Crippen LogP contribution is 2.36. The van der Waals surface area contributed by atoms with Crippen LogP contribution in [0.3, 0.4) is 0 Å². The molecule has 162 valence electrons. The Balaban J connectivity index is 1.52. The van der Waals surface area contributed by atoms with E-state index in [0.717, 1.165) is 26.9 Å². The van der Waals surface area contributed by atoms with Gasteiger partial charge < -0.3 is 0 Å². The Bertz CT molecular complexity index is 1170. The van der Waals surface area contributed by atoms with Crippen molar-refractivity contribution >= 4 is 39.9 Å². The molecule has 0 saturated heterocycles. The van der Waals surface area contributed by atoms with Gasteiger partial charge in [0.1, 0.15) is 4.38 Å². The summed E-state index contributed by atoms with van der Waals surface area (Å²) in [4.78, 5) is 17.1. The standard InChI is InChI=1S/C26H25N3OS2/c1-31-26-27-25(30)23(32-26)16-21-17-29(22-10-6-3-7-11-22)28-24(21)20-14-12-19(13-15-20)18-8-4-2-5-9-18/h3,6-7,10-18H,2,4-5,8-9H2,1H3/b23-16-. The van der Waals surface area contributed by atoms with Crippen LogP contribution in [-0.2, 0) is 4.79 Å². The van der Waals surface area contributed by atoms with E-state index < -0.39 is 0 Å². The molecule has 5 rings (SSSR count). The SMILES string of the molecule is CSC1=NC(=O)/C(=C/c2cn(-c3ccccc3)nc2-c2ccc(C3CCCCC3)cc2)S1. The molecule has 0 N–H and O–H groups in total. The third kappa shape index (κ3) is 4.48. The van der Waals surface area contributed by atoms with Gasteiger partial charge in [0.2, 0.25) is 0 Å². The fourth-order valence-electron chi connectivity index (χ4n) is 4.40. The first-order valence-corrected chi connectivity index (χ1v) is 13.1. The van der Waals surface area contributed by atoms with Crippen molar-refractivity contribution in [3.63, 3.8) is 0 Å². The molecule has 0 radical (unpaired) electrons. The minimum Gasteiger partial charge on any atom is -0.266 e. The summed E-state index contributed by atoms with van der Waals surface area (Å²) in [6, 6.07) is 18.9. The van der Waals surface area contributed by atoms with Gasteiger partial charge in [0, 0.05) is 17.3 Å². The molecule has 1 aliphatic carbocycles. The average molecular weight is 460 g/mol. The number of para-hydroxylation sites is 1. The molecule has 1 saturated carbocycles. The second-order valence-electron chi connectivity index (χ2n) is 8.17. The van der Waals surface area contributed by atoms with Crippen molar-refractivity contribution in [3.05, 3.63) is 76.8 Å². The van der Waals surface area contributed by atoms with Crippen LogP contribution in [0.2, 0.25) is 0 Å². The summed E-state index contributed by atoms with van der Waals surface area (Å²) in [5.41, 5.74) is 5.28. The van der Waals surface area contributed by atoms with Crippen LogP contribution in [0.1, 0.15) is 49.1 Å². The van der Waals surface area contributed by atoms with Crippen molar-refractivity contribution in [2.24, 2.45) is 4.99 Å². The number of hydrogen-bond acceptors (Lipinski definition) is 4. The zero-order chi connectivity index (χ0) is 21.9. The zero-order valence-electron chi connectivity index (χ0n) is 18.0. The van der Waals surface area contributed by atoms with Crippen LogP contribution in [-0.4, -0.2) is 26.3 Å². The third-order valence-electron chi connectivity index (χ3n) is 6.09. The summed E-state index contributed by atoms with van der Waals surface area (Å²) < 4.78 is 2.67. The minimum atomic E-state index is -0.176. The zero-order valence-corrected chi connectivity index (χ0v) is 19.7. The molecule has 1 amide bonds. The van der Waals surface area contributed by atoms with E-state index in [1.807, 2.05) is 53.5 Å². The largest absolute Gasteiger partial charge is 0.285 e. The molecular formula is C26H25N3OS2. The number of carbonyl (C=O) groups excluding carboxylic acids is 1. The Morgan fingerprint density at radius 3 is 2.47 bits per heavy atom. The molecule has 0 bridgehead atoms. The average Bonchev–Trinajstić information content (AvgIpc) is 3.44. The van der Waals surface area contributed by atoms with Crippen molar-refractivity contribution < 1.29 is 4.79 Å². The van der Waals surface area contributed by atoms with E-state index in [2.05, 4.69) is 29.3 Å². The third-order valence-corrected chi connectivity index (χ3v) is 8.05. The maximum absolute atomic E-state index is 12.4. The van der Waals surface area contributed by atoms with Crippen molar-refractivity contribution in [1.29, 1.82) is 0 Å². The maximum Gasteiger partial charge on any atom is 0.285 e. The Morgan fingerprint density at radius 2 is 1.78 bits per heavy atom. The summed E-state index contributed by atoms with van der Waals surface area (Å²) in [6.45, 7) is 0. The number of nitrogens with zero attached hydrogens (tertiary/aromatic N) is 3. The van der Waals surface area contributed by atoms with Crippen LogP contribution in [0, 0.1) is 0 Å². The van der Waals surface area contributed by atoms with Gasteiger partial charge in [-0.25, -0.2) is 4.68 Å². The molecule has 1 fully saturated rings. The normalized spacial score (nSPS) is 18.3. The fourth-order valence-corrected chi connectivity index (χ4v) is 5.81. The molecule has 1 aliphatic heterocycles. The van der Waals surface area contributed by atoms with Crippen LogP contribution < -0.4 is 0 Å². The van der Waals surface area contributed by atoms with Gasteiger partial charge in [-0.2, -0.15) is 10.1 Å². The van der Waals surface area contributed by atoms with Crippen molar-refractivity contribution in [1.82, 2.24) is 9.78 Å². The van der Waals surface area contributed by atoms with Gasteiger partial charge in [-0.15, -0.1) is 11.8 Å². The lowest BCUT2D eigenvalue weighted by molar-refractivity contribution is -0.113. The molecular weight excluding hydrogens is 434 g/mol. The lowest BCUT2D eigenvalue weighted by atomic mass is 9.84. The molecule has 6 heteroatoms. The molecule has 3 aromatic rings. The van der Waals surface area contributed by atoms with E-state index in [4.69, 9.17) is 5.10 Å². The molecule has 2 heterocycles. The fraction of sp³-hybridized carbons (Fsp3) is 0.269. The van der Waals surface area contributed by atoms with E-state index in [1.165, 1.54) is 61.2 Å². The summed E-state index contributed by atoms with van der Waals surface area (Å²) >= 11 is 2.93. The maximum atomic E-state index is 12.4. The second-order valence-corrected chi connectivity index (χ2v) is 10.3. The number of aliphatic imine (C=N–C) groups is 1. The first-order valence-electron chi connectivity index (χ1n) is 11.0. The van der Waals surface area contributed by atoms with Crippen LogP contribution in [0.15, 0.2) is 70.7 Å². The quantitative estimate of drug-likeness (QED) is 0.397. The Kier molecular flexibility index (Phi) is 6.32. The molecule has 1 aromatic heterocycles. The lowest BCUT2D eigenvalue weighted by Crippen LogP contribution is -2.04. The van der Waals surface area contributed by atoms with E-state index in [9.17, 15) is 4.79 Å². The van der Waals surface area contributed by atoms with Crippen LogP contribution in [0.25, 0.3) is 23.0 Å². The molecule has 4 nitrogen and oxygen atoms in total. The van der Waals surface area contributed by atoms with Gasteiger partial charge in [-0.3, -0.25) is 4.79 Å². The summed E-state index contributed by atoms with van der Waals surface area (Å²) in [7, 11) is 0. The van der Waals surface area contributed by atoms with Gasteiger partial charge >= 0.3 is 0 Å². The second kappa shape index (κ2) is 9.51. The predicted molar refractivity (Wildman–Crippen MR) is 136 cm³/mol. The molecule has 0 atom stereocenters. The van der Waals surface area contributed by atoms with Crippen LogP contribution >= 0.6 is 23.5 Å². The van der Waals surface area contributed by atoms with E-state index >= 15 is 0 Å². The smallest absolute Gasteiger partial charge is 0.266 e. The van der Waals surface area contributed by atoms with E-state index in [0.29, 0.717) is 10.8 Å². The van der Waals surface area contributed by atoms with Crippen molar-refractivity contribution in [3.8, 4) is 16.9 Å². The molecule has 2 aromatic carbocycles. The van der Waals surface area contributed by atoms with Crippen LogP contribution in [0.4, 0.5) is 0 Å². The number of hydrogen-bond donors (Lipinski definition) is 0. The summed E-state index contributed by atoms with van der Waals surface area (Å²) in [5, 5.41) is 4.91. The molecule has 0 unspecified atom stereocenters. The molecule has 2 aliphatic rings. The highest BCUT2D eigenvalue weighted by Gasteiger charge is 2.23. The highest BCUT2D eigenvalue weighted by atomic mass is 32.2. The van der Waals surface area contributed by atoms with E-state index in [-0.39, 0.29) is 5.91 Å². The summed E-state index contributed by atoms with van der Waals surface area (Å²) in [6.07, 6.45) is 12.5. The minimum absolute atomic E-state index is 0.176. The molecule has 0 spiro atoms. The van der Waals surface area contributed by atoms with Gasteiger partial charge in [0.15, 0.2) is 0 Å². The number of amides is 1. The number of benzene rings is 2. The van der Waals surface area contributed by atoms with Crippen molar-refractivity contribution in [2.75, 3.05) is 6.26 Å². The van der Waals surface area contributed by atoms with Crippen LogP contribution in [0.5, 0.6) is 0 Å². The van der Waals surface area contributed by atoms with Gasteiger partial charge in [-0.05, 0) is 48.8 Å². The Hall–Kier alpha value is -2.57. The number of carbonyl (C=O) groups is 1. The Labute approximate surface area is 197 Å². The topological polar surface area (TPSA) is 47.2 Å². The lowest BCUT2D eigenvalue weighted by Gasteiger charge is -2.22. The summed E-state index contributed by atoms with van der Waals surface area (Å²) in [5.74, 6) is 0.501. The monoisotopic (exact) mass is 459 g/mol. The molecule has 32 heavy (non-hydrogen) atoms. The van der Waals surface area contributed by atoms with Crippen molar-refractivity contribution in [2.45, 2.75) is 38.0 Å². The number of rotatable bonds is 4. The van der Waals surface area contributed by atoms with Gasteiger partial charge in [-0.1, -0.05) is 73.5 Å². The first-order chi connectivity index (χ1) is 15.7. The number of thioether (sulfide) groups is 2. The van der Waals surface area contributed by atoms with E-state index in [1.54, 1.807) is 0 Å². The number of aromatic nitrogens is 2. The predicted octanol–water partition coefficient (Wildman–Crippen LogP) is 6.92.